The molecule has 17 heavy (non-hydrogen) atoms. The van der Waals surface area contributed by atoms with E-state index in [0.717, 1.165) is 11.1 Å². The normalized spacial score (nSPS) is 11.6. The third-order valence-corrected chi connectivity index (χ3v) is 2.79. The van der Waals surface area contributed by atoms with Crippen LogP contribution in [-0.4, -0.2) is 24.5 Å². The first kappa shape index (κ1) is 13.7. The maximum absolute atomic E-state index is 11.9. The SMILES string of the molecule is CNCC(=O)c1cc(C(C)(C)C)c(O)cc1C. The molecule has 1 aromatic carbocycles. The summed E-state index contributed by atoms with van der Waals surface area (Å²) >= 11 is 0. The van der Waals surface area contributed by atoms with Crippen LogP contribution in [0.15, 0.2) is 12.1 Å². The van der Waals surface area contributed by atoms with Gasteiger partial charge in [0.2, 0.25) is 0 Å². The average molecular weight is 235 g/mol. The molecule has 0 amide bonds. The lowest BCUT2D eigenvalue weighted by atomic mass is 9.84. The molecule has 0 bridgehead atoms. The van der Waals surface area contributed by atoms with Gasteiger partial charge in [0.25, 0.3) is 0 Å². The van der Waals surface area contributed by atoms with Crippen molar-refractivity contribution in [3.05, 3.63) is 28.8 Å². The van der Waals surface area contributed by atoms with E-state index in [1.165, 1.54) is 0 Å². The second-order valence-electron chi connectivity index (χ2n) is 5.39. The summed E-state index contributed by atoms with van der Waals surface area (Å²) in [5.74, 6) is 0.312. The maximum Gasteiger partial charge on any atom is 0.176 e. The Kier molecular flexibility index (Phi) is 3.94. The molecule has 0 radical (unpaired) electrons. The van der Waals surface area contributed by atoms with Crippen LogP contribution in [0.5, 0.6) is 5.75 Å². The van der Waals surface area contributed by atoms with Crippen molar-refractivity contribution in [2.24, 2.45) is 0 Å². The number of rotatable bonds is 3. The van der Waals surface area contributed by atoms with Crippen LogP contribution in [-0.2, 0) is 5.41 Å². The maximum atomic E-state index is 11.9. The molecule has 1 aromatic rings. The van der Waals surface area contributed by atoms with Crippen molar-refractivity contribution in [1.82, 2.24) is 5.32 Å². The molecule has 0 aromatic heterocycles. The van der Waals surface area contributed by atoms with Crippen LogP contribution in [0.4, 0.5) is 0 Å². The first-order chi connectivity index (χ1) is 7.77. The van der Waals surface area contributed by atoms with E-state index < -0.39 is 0 Å². The van der Waals surface area contributed by atoms with Crippen LogP contribution in [0.1, 0.15) is 42.3 Å². The quantitative estimate of drug-likeness (QED) is 0.791. The fraction of sp³-hybridized carbons (Fsp3) is 0.500. The van der Waals surface area contributed by atoms with E-state index in [4.69, 9.17) is 0 Å². The molecule has 0 unspecified atom stereocenters. The molecule has 0 aliphatic carbocycles. The Morgan fingerprint density at radius 2 is 1.94 bits per heavy atom. The predicted octanol–water partition coefficient (Wildman–Crippen LogP) is 2.40. The monoisotopic (exact) mass is 235 g/mol. The molecule has 0 atom stereocenters. The number of hydrogen-bond acceptors (Lipinski definition) is 3. The molecule has 0 spiro atoms. The van der Waals surface area contributed by atoms with Gasteiger partial charge in [-0.1, -0.05) is 20.8 Å². The van der Waals surface area contributed by atoms with Gasteiger partial charge in [-0.3, -0.25) is 4.79 Å². The van der Waals surface area contributed by atoms with Crippen LogP contribution in [0, 0.1) is 6.92 Å². The predicted molar refractivity (Wildman–Crippen MR) is 69.8 cm³/mol. The van der Waals surface area contributed by atoms with E-state index in [0.29, 0.717) is 12.1 Å². The fourth-order valence-corrected chi connectivity index (χ4v) is 1.85. The van der Waals surface area contributed by atoms with E-state index in [9.17, 15) is 9.90 Å². The van der Waals surface area contributed by atoms with Crippen molar-refractivity contribution >= 4 is 5.78 Å². The standard InChI is InChI=1S/C14H21NO2/c1-9-6-12(16)11(14(2,3)4)7-10(9)13(17)8-15-5/h6-7,15-16H,8H2,1-5H3. The molecule has 0 heterocycles. The zero-order valence-electron chi connectivity index (χ0n) is 11.2. The lowest BCUT2D eigenvalue weighted by molar-refractivity contribution is 0.0993. The van der Waals surface area contributed by atoms with Crippen LogP contribution in [0.3, 0.4) is 0 Å². The van der Waals surface area contributed by atoms with Gasteiger partial charge >= 0.3 is 0 Å². The van der Waals surface area contributed by atoms with Gasteiger partial charge in [-0.25, -0.2) is 0 Å². The van der Waals surface area contributed by atoms with Gasteiger partial charge in [0.1, 0.15) is 5.75 Å². The highest BCUT2D eigenvalue weighted by Gasteiger charge is 2.21. The van der Waals surface area contributed by atoms with E-state index in [-0.39, 0.29) is 16.9 Å². The Labute approximate surface area is 103 Å². The van der Waals surface area contributed by atoms with Crippen LogP contribution < -0.4 is 5.32 Å². The van der Waals surface area contributed by atoms with Gasteiger partial charge < -0.3 is 10.4 Å². The molecule has 0 saturated carbocycles. The molecule has 0 aliphatic heterocycles. The minimum atomic E-state index is -0.174. The summed E-state index contributed by atoms with van der Waals surface area (Å²) in [5.41, 5.74) is 2.13. The highest BCUT2D eigenvalue weighted by molar-refractivity contribution is 5.99. The van der Waals surface area contributed by atoms with Crippen molar-refractivity contribution in [3.8, 4) is 5.75 Å². The van der Waals surface area contributed by atoms with Crippen molar-refractivity contribution < 1.29 is 9.90 Å². The first-order valence-corrected chi connectivity index (χ1v) is 5.79. The van der Waals surface area contributed by atoms with E-state index in [1.807, 2.05) is 33.8 Å². The number of phenolic OH excluding ortho intramolecular Hbond substituents is 1. The number of likely N-dealkylation sites (N-methyl/N-ethyl adjacent to an activating group) is 1. The second-order valence-corrected chi connectivity index (χ2v) is 5.39. The summed E-state index contributed by atoms with van der Waals surface area (Å²) in [6.45, 7) is 8.21. The summed E-state index contributed by atoms with van der Waals surface area (Å²) in [7, 11) is 1.75. The van der Waals surface area contributed by atoms with E-state index in [1.54, 1.807) is 13.1 Å². The highest BCUT2D eigenvalue weighted by atomic mass is 16.3. The molecule has 3 heteroatoms. The molecular formula is C14H21NO2. The molecule has 3 nitrogen and oxygen atoms in total. The Balaban J connectivity index is 3.29. The molecule has 1 rings (SSSR count). The Bertz CT molecular complexity index is 431. The number of benzene rings is 1. The third kappa shape index (κ3) is 3.07. The van der Waals surface area contributed by atoms with E-state index in [2.05, 4.69) is 5.32 Å². The van der Waals surface area contributed by atoms with Crippen molar-refractivity contribution in [1.29, 1.82) is 0 Å². The van der Waals surface area contributed by atoms with Gasteiger partial charge in [-0.05, 0) is 42.6 Å². The number of carbonyl (C=O) groups excluding carboxylic acids is 1. The minimum Gasteiger partial charge on any atom is -0.508 e. The molecular weight excluding hydrogens is 214 g/mol. The van der Waals surface area contributed by atoms with Gasteiger partial charge in [0.15, 0.2) is 5.78 Å². The van der Waals surface area contributed by atoms with Crippen molar-refractivity contribution in [2.75, 3.05) is 13.6 Å². The summed E-state index contributed by atoms with van der Waals surface area (Å²) in [6.07, 6.45) is 0. The van der Waals surface area contributed by atoms with Crippen LogP contribution >= 0.6 is 0 Å². The number of nitrogens with one attached hydrogen (secondary N) is 1. The zero-order chi connectivity index (χ0) is 13.2. The summed E-state index contributed by atoms with van der Waals surface area (Å²) in [4.78, 5) is 11.9. The third-order valence-electron chi connectivity index (χ3n) is 2.79. The Morgan fingerprint density at radius 1 is 1.35 bits per heavy atom. The zero-order valence-corrected chi connectivity index (χ0v) is 11.2. The molecule has 0 saturated heterocycles. The van der Waals surface area contributed by atoms with Crippen LogP contribution in [0.2, 0.25) is 0 Å². The number of aromatic hydroxyl groups is 1. The number of phenols is 1. The van der Waals surface area contributed by atoms with Gasteiger partial charge in [0.05, 0.1) is 6.54 Å². The number of carbonyl (C=O) groups is 1. The minimum absolute atomic E-state index is 0.0514. The largest absolute Gasteiger partial charge is 0.508 e. The smallest absolute Gasteiger partial charge is 0.176 e. The fourth-order valence-electron chi connectivity index (χ4n) is 1.85. The highest BCUT2D eigenvalue weighted by Crippen LogP contribution is 2.32. The second kappa shape index (κ2) is 4.88. The topological polar surface area (TPSA) is 49.3 Å². The number of hydrogen-bond donors (Lipinski definition) is 2. The number of aryl methyl sites for hydroxylation is 1. The van der Waals surface area contributed by atoms with E-state index >= 15 is 0 Å². The lowest BCUT2D eigenvalue weighted by Crippen LogP contribution is -2.20. The molecule has 0 aliphatic rings. The molecule has 2 N–H and O–H groups in total. The number of ketones is 1. The Hall–Kier alpha value is -1.35. The Morgan fingerprint density at radius 3 is 2.41 bits per heavy atom. The van der Waals surface area contributed by atoms with Gasteiger partial charge in [-0.2, -0.15) is 0 Å². The van der Waals surface area contributed by atoms with Crippen LogP contribution in [0.25, 0.3) is 0 Å². The summed E-state index contributed by atoms with van der Waals surface area (Å²) in [6, 6.07) is 3.48. The van der Waals surface area contributed by atoms with Gasteiger partial charge in [-0.15, -0.1) is 0 Å². The summed E-state index contributed by atoms with van der Waals surface area (Å²) < 4.78 is 0. The average Bonchev–Trinajstić information content (AvgIpc) is 2.15. The van der Waals surface area contributed by atoms with Gasteiger partial charge in [0, 0.05) is 5.56 Å². The summed E-state index contributed by atoms with van der Waals surface area (Å²) in [5, 5.41) is 12.8. The van der Waals surface area contributed by atoms with Crippen molar-refractivity contribution in [2.45, 2.75) is 33.1 Å². The first-order valence-electron chi connectivity index (χ1n) is 5.79. The van der Waals surface area contributed by atoms with Crippen molar-refractivity contribution in [3.63, 3.8) is 0 Å². The molecule has 94 valence electrons. The lowest BCUT2D eigenvalue weighted by Gasteiger charge is -2.22. The molecule has 0 fully saturated rings. The number of Topliss-reactive ketones (excluding diaryl/α,β-unsaturated/α-hetero) is 1.